The van der Waals surface area contributed by atoms with Crippen LogP contribution < -0.4 is 5.73 Å². The standard InChI is InChI=1S/C7H15NO2/c1-6-4-7(8,5-9)2-3-10-6/h6,9H,2-5,8H2,1H3. The lowest BCUT2D eigenvalue weighted by atomic mass is 9.89. The molecule has 0 aliphatic carbocycles. The van der Waals surface area contributed by atoms with Gasteiger partial charge in [0, 0.05) is 12.1 Å². The summed E-state index contributed by atoms with van der Waals surface area (Å²) in [5.74, 6) is 0. The second-order valence-corrected chi connectivity index (χ2v) is 3.16. The molecule has 1 aliphatic rings. The molecule has 10 heavy (non-hydrogen) atoms. The van der Waals surface area contributed by atoms with E-state index in [0.29, 0.717) is 6.61 Å². The average molecular weight is 145 g/mol. The molecule has 1 saturated heterocycles. The first kappa shape index (κ1) is 7.98. The molecule has 0 aromatic carbocycles. The fraction of sp³-hybridized carbons (Fsp3) is 1.00. The third-order valence-corrected chi connectivity index (χ3v) is 2.01. The molecule has 3 heteroatoms. The van der Waals surface area contributed by atoms with E-state index in [1.165, 1.54) is 0 Å². The molecule has 1 heterocycles. The first-order valence-corrected chi connectivity index (χ1v) is 3.68. The zero-order chi connectivity index (χ0) is 7.61. The Morgan fingerprint density at radius 3 is 2.90 bits per heavy atom. The Balaban J connectivity index is 2.45. The summed E-state index contributed by atoms with van der Waals surface area (Å²) in [6.45, 7) is 2.73. The number of hydrogen-bond donors (Lipinski definition) is 2. The van der Waals surface area contributed by atoms with Crippen molar-refractivity contribution in [1.82, 2.24) is 0 Å². The third kappa shape index (κ3) is 1.68. The van der Waals surface area contributed by atoms with Crippen LogP contribution in [0.15, 0.2) is 0 Å². The van der Waals surface area contributed by atoms with Gasteiger partial charge in [0.2, 0.25) is 0 Å². The van der Waals surface area contributed by atoms with E-state index in [2.05, 4.69) is 0 Å². The molecule has 1 rings (SSSR count). The Kier molecular flexibility index (Phi) is 2.28. The lowest BCUT2D eigenvalue weighted by molar-refractivity contribution is -0.0227. The SMILES string of the molecule is CC1CC(N)(CO)CCO1. The maximum absolute atomic E-state index is 8.89. The molecule has 2 atom stereocenters. The van der Waals surface area contributed by atoms with Crippen molar-refractivity contribution in [3.05, 3.63) is 0 Å². The van der Waals surface area contributed by atoms with Gasteiger partial charge in [-0.25, -0.2) is 0 Å². The molecule has 3 nitrogen and oxygen atoms in total. The molecule has 0 radical (unpaired) electrons. The largest absolute Gasteiger partial charge is 0.394 e. The van der Waals surface area contributed by atoms with Crippen LogP contribution in [0.25, 0.3) is 0 Å². The minimum atomic E-state index is -0.377. The van der Waals surface area contributed by atoms with Crippen LogP contribution in [-0.2, 0) is 4.74 Å². The van der Waals surface area contributed by atoms with Crippen molar-refractivity contribution in [2.75, 3.05) is 13.2 Å². The number of aliphatic hydroxyl groups is 1. The van der Waals surface area contributed by atoms with Crippen molar-refractivity contribution in [2.45, 2.75) is 31.4 Å². The topological polar surface area (TPSA) is 55.5 Å². The van der Waals surface area contributed by atoms with Gasteiger partial charge >= 0.3 is 0 Å². The van der Waals surface area contributed by atoms with Crippen molar-refractivity contribution in [3.8, 4) is 0 Å². The van der Waals surface area contributed by atoms with Gasteiger partial charge in [0.05, 0.1) is 12.7 Å². The van der Waals surface area contributed by atoms with E-state index in [-0.39, 0.29) is 18.2 Å². The minimum absolute atomic E-state index is 0.0701. The molecular weight excluding hydrogens is 130 g/mol. The van der Waals surface area contributed by atoms with E-state index < -0.39 is 0 Å². The molecule has 2 unspecified atom stereocenters. The fourth-order valence-electron chi connectivity index (χ4n) is 1.34. The van der Waals surface area contributed by atoms with E-state index in [1.54, 1.807) is 0 Å². The fourth-order valence-corrected chi connectivity index (χ4v) is 1.34. The molecule has 0 bridgehead atoms. The zero-order valence-corrected chi connectivity index (χ0v) is 6.34. The van der Waals surface area contributed by atoms with Crippen molar-refractivity contribution in [1.29, 1.82) is 0 Å². The second-order valence-electron chi connectivity index (χ2n) is 3.16. The molecule has 0 saturated carbocycles. The third-order valence-electron chi connectivity index (χ3n) is 2.01. The molecule has 0 spiro atoms. The molecular formula is C7H15NO2. The van der Waals surface area contributed by atoms with E-state index >= 15 is 0 Å². The maximum Gasteiger partial charge on any atom is 0.0613 e. The van der Waals surface area contributed by atoms with Crippen molar-refractivity contribution in [3.63, 3.8) is 0 Å². The Morgan fingerprint density at radius 2 is 2.50 bits per heavy atom. The summed E-state index contributed by atoms with van der Waals surface area (Å²) in [6.07, 6.45) is 1.74. The van der Waals surface area contributed by atoms with Gasteiger partial charge in [0.25, 0.3) is 0 Å². The highest BCUT2D eigenvalue weighted by molar-refractivity contribution is 4.88. The van der Waals surface area contributed by atoms with Crippen LogP contribution in [0, 0.1) is 0 Å². The molecule has 60 valence electrons. The molecule has 1 fully saturated rings. The van der Waals surface area contributed by atoms with Crippen molar-refractivity contribution < 1.29 is 9.84 Å². The lowest BCUT2D eigenvalue weighted by Crippen LogP contribution is -2.50. The summed E-state index contributed by atoms with van der Waals surface area (Å²) in [4.78, 5) is 0. The Labute approximate surface area is 61.2 Å². The Hall–Kier alpha value is -0.120. The molecule has 0 amide bonds. The van der Waals surface area contributed by atoms with Crippen LogP contribution in [-0.4, -0.2) is 30.0 Å². The number of ether oxygens (including phenoxy) is 1. The van der Waals surface area contributed by atoms with Crippen LogP contribution >= 0.6 is 0 Å². The highest BCUT2D eigenvalue weighted by atomic mass is 16.5. The average Bonchev–Trinajstić information content (AvgIpc) is 1.88. The van der Waals surface area contributed by atoms with Gasteiger partial charge in [-0.15, -0.1) is 0 Å². The van der Waals surface area contributed by atoms with Crippen LogP contribution in [0.5, 0.6) is 0 Å². The summed E-state index contributed by atoms with van der Waals surface area (Å²) in [5, 5.41) is 8.89. The quantitative estimate of drug-likeness (QED) is 0.540. The Morgan fingerprint density at radius 1 is 1.80 bits per heavy atom. The van der Waals surface area contributed by atoms with Crippen molar-refractivity contribution >= 4 is 0 Å². The van der Waals surface area contributed by atoms with Crippen LogP contribution in [0.2, 0.25) is 0 Å². The molecule has 3 N–H and O–H groups in total. The number of aliphatic hydroxyl groups excluding tert-OH is 1. The summed E-state index contributed by atoms with van der Waals surface area (Å²) >= 11 is 0. The van der Waals surface area contributed by atoms with Crippen LogP contribution in [0.1, 0.15) is 19.8 Å². The van der Waals surface area contributed by atoms with Gasteiger partial charge in [-0.2, -0.15) is 0 Å². The van der Waals surface area contributed by atoms with E-state index in [4.69, 9.17) is 15.6 Å². The van der Waals surface area contributed by atoms with Gasteiger partial charge in [-0.3, -0.25) is 0 Å². The number of nitrogens with two attached hydrogens (primary N) is 1. The lowest BCUT2D eigenvalue weighted by Gasteiger charge is -2.34. The summed E-state index contributed by atoms with van der Waals surface area (Å²) in [7, 11) is 0. The molecule has 0 aromatic rings. The maximum atomic E-state index is 8.89. The van der Waals surface area contributed by atoms with Gasteiger partial charge in [0.15, 0.2) is 0 Å². The summed E-state index contributed by atoms with van der Waals surface area (Å²) in [5.41, 5.74) is 5.44. The first-order chi connectivity index (χ1) is 4.66. The van der Waals surface area contributed by atoms with E-state index in [0.717, 1.165) is 12.8 Å². The normalized spacial score (nSPS) is 41.7. The van der Waals surface area contributed by atoms with Gasteiger partial charge in [-0.1, -0.05) is 0 Å². The predicted molar refractivity (Wildman–Crippen MR) is 38.7 cm³/mol. The van der Waals surface area contributed by atoms with E-state index in [9.17, 15) is 0 Å². The van der Waals surface area contributed by atoms with Crippen LogP contribution in [0.4, 0.5) is 0 Å². The Bertz CT molecular complexity index is 118. The van der Waals surface area contributed by atoms with Gasteiger partial charge in [-0.05, 0) is 19.8 Å². The number of hydrogen-bond acceptors (Lipinski definition) is 3. The molecule has 1 aliphatic heterocycles. The predicted octanol–water partition coefficient (Wildman–Crippen LogP) is -0.125. The number of rotatable bonds is 1. The van der Waals surface area contributed by atoms with Gasteiger partial charge in [0.1, 0.15) is 0 Å². The minimum Gasteiger partial charge on any atom is -0.394 e. The summed E-state index contributed by atoms with van der Waals surface area (Å²) in [6, 6.07) is 0. The van der Waals surface area contributed by atoms with Gasteiger partial charge < -0.3 is 15.6 Å². The summed E-state index contributed by atoms with van der Waals surface area (Å²) < 4.78 is 5.28. The smallest absolute Gasteiger partial charge is 0.0613 e. The van der Waals surface area contributed by atoms with Crippen LogP contribution in [0.3, 0.4) is 0 Å². The highest BCUT2D eigenvalue weighted by Crippen LogP contribution is 2.21. The second kappa shape index (κ2) is 2.86. The highest BCUT2D eigenvalue weighted by Gasteiger charge is 2.30. The first-order valence-electron chi connectivity index (χ1n) is 3.68. The molecule has 0 aromatic heterocycles. The zero-order valence-electron chi connectivity index (χ0n) is 6.34. The van der Waals surface area contributed by atoms with Crippen molar-refractivity contribution in [2.24, 2.45) is 5.73 Å². The van der Waals surface area contributed by atoms with E-state index in [1.807, 2.05) is 6.92 Å². The monoisotopic (exact) mass is 145 g/mol.